The number of amides is 1. The van der Waals surface area contributed by atoms with Crippen LogP contribution in [-0.2, 0) is 17.1 Å². The van der Waals surface area contributed by atoms with Crippen molar-refractivity contribution in [3.8, 4) is 0 Å². The first kappa shape index (κ1) is 17.7. The number of hydrogen-bond acceptors (Lipinski definition) is 1. The zero-order valence-electron chi connectivity index (χ0n) is 11.8. The zero-order chi connectivity index (χ0) is 17.7. The molecule has 1 heterocycles. The van der Waals surface area contributed by atoms with Crippen LogP contribution >= 0.6 is 11.6 Å². The predicted octanol–water partition coefficient (Wildman–Crippen LogP) is 4.97. The Labute approximate surface area is 132 Å². The van der Waals surface area contributed by atoms with E-state index in [4.69, 9.17) is 11.6 Å². The summed E-state index contributed by atoms with van der Waals surface area (Å²) in [6.07, 6.45) is -9.98. The van der Waals surface area contributed by atoms with E-state index in [9.17, 15) is 31.1 Å². The molecule has 1 atom stereocenters. The fourth-order valence-corrected chi connectivity index (χ4v) is 2.52. The molecule has 9 heteroatoms. The van der Waals surface area contributed by atoms with Gasteiger partial charge in [0.2, 0.25) is 0 Å². The highest BCUT2D eigenvalue weighted by Gasteiger charge is 2.40. The summed E-state index contributed by atoms with van der Waals surface area (Å²) in [7, 11) is 0. The number of benzene rings is 1. The van der Waals surface area contributed by atoms with E-state index in [1.54, 1.807) is 0 Å². The Balaban J connectivity index is 2.62. The molecule has 23 heavy (non-hydrogen) atoms. The molecule has 0 aromatic heterocycles. The number of anilines is 1. The maximum absolute atomic E-state index is 12.9. The highest BCUT2D eigenvalue weighted by Crippen LogP contribution is 2.41. The molecule has 1 aliphatic heterocycles. The van der Waals surface area contributed by atoms with Gasteiger partial charge in [0.15, 0.2) is 0 Å². The second kappa shape index (κ2) is 5.43. The molecule has 1 aromatic carbocycles. The normalized spacial score (nSPS) is 19.8. The number of hydrogen-bond donors (Lipinski definition) is 0. The fourth-order valence-electron chi connectivity index (χ4n) is 2.15. The van der Waals surface area contributed by atoms with E-state index < -0.39 is 40.6 Å². The molecule has 126 valence electrons. The molecule has 0 fully saturated rings. The fraction of sp³-hybridized carbons (Fsp3) is 0.357. The third-order valence-electron chi connectivity index (χ3n) is 3.57. The average molecular weight is 358 g/mol. The van der Waals surface area contributed by atoms with Gasteiger partial charge in [0, 0.05) is 11.3 Å². The molecule has 1 unspecified atom stereocenters. The van der Waals surface area contributed by atoms with E-state index in [-0.39, 0.29) is 11.6 Å². The van der Waals surface area contributed by atoms with E-state index in [1.807, 2.05) is 0 Å². The summed E-state index contributed by atoms with van der Waals surface area (Å²) in [5.74, 6) is -0.727. The van der Waals surface area contributed by atoms with Gasteiger partial charge in [-0.3, -0.25) is 9.69 Å². The lowest BCUT2D eigenvalue weighted by Gasteiger charge is -2.24. The average Bonchev–Trinajstić information content (AvgIpc) is 2.60. The minimum Gasteiger partial charge on any atom is -0.288 e. The van der Waals surface area contributed by atoms with Crippen LogP contribution in [0.2, 0.25) is 0 Å². The summed E-state index contributed by atoms with van der Waals surface area (Å²) < 4.78 is 77.1. The maximum atomic E-state index is 12.9. The molecule has 0 aliphatic carbocycles. The molecule has 2 nitrogen and oxygen atoms in total. The summed E-state index contributed by atoms with van der Waals surface area (Å²) in [5, 5.41) is 0. The van der Waals surface area contributed by atoms with Gasteiger partial charge in [-0.15, -0.1) is 0 Å². The standard InChI is InChI=1S/C14H10ClF6NO/c1-6-7(2)12(23)22(11(6)15)10-4-8(13(16,17)18)3-9(5-10)14(19,20)21/h3-5,11H,1-2H3. The van der Waals surface area contributed by atoms with E-state index >= 15 is 0 Å². The van der Waals surface area contributed by atoms with Crippen molar-refractivity contribution in [1.82, 2.24) is 0 Å². The summed E-state index contributed by atoms with van der Waals surface area (Å²) in [6, 6.07) is 0.962. The molecule has 0 bridgehead atoms. The second-order valence-corrected chi connectivity index (χ2v) is 5.50. The maximum Gasteiger partial charge on any atom is 0.416 e. The van der Waals surface area contributed by atoms with Crippen molar-refractivity contribution in [2.45, 2.75) is 31.7 Å². The van der Waals surface area contributed by atoms with Gasteiger partial charge < -0.3 is 0 Å². The topological polar surface area (TPSA) is 20.3 Å². The lowest BCUT2D eigenvalue weighted by Crippen LogP contribution is -2.32. The first-order valence-corrected chi connectivity index (χ1v) is 6.72. The van der Waals surface area contributed by atoms with E-state index in [0.29, 0.717) is 17.7 Å². The van der Waals surface area contributed by atoms with Gasteiger partial charge in [0.05, 0.1) is 11.1 Å². The number of nitrogens with zero attached hydrogens (tertiary/aromatic N) is 1. The van der Waals surface area contributed by atoms with Gasteiger partial charge in [0.1, 0.15) is 5.50 Å². The monoisotopic (exact) mass is 357 g/mol. The Morgan fingerprint density at radius 3 is 1.70 bits per heavy atom. The smallest absolute Gasteiger partial charge is 0.288 e. The molecule has 1 aromatic rings. The largest absolute Gasteiger partial charge is 0.416 e. The summed E-state index contributed by atoms with van der Waals surface area (Å²) in [6.45, 7) is 2.90. The van der Waals surface area contributed by atoms with Crippen molar-refractivity contribution in [3.05, 3.63) is 40.5 Å². The van der Waals surface area contributed by atoms with Crippen LogP contribution in [0.1, 0.15) is 25.0 Å². The van der Waals surface area contributed by atoms with Crippen LogP contribution in [0, 0.1) is 0 Å². The van der Waals surface area contributed by atoms with Crippen LogP contribution in [0.4, 0.5) is 32.0 Å². The first-order valence-electron chi connectivity index (χ1n) is 6.28. The molecule has 0 radical (unpaired) electrons. The molecule has 0 N–H and O–H groups in total. The van der Waals surface area contributed by atoms with Crippen molar-refractivity contribution in [2.24, 2.45) is 0 Å². The number of alkyl halides is 7. The quantitative estimate of drug-likeness (QED) is 0.395. The molecular weight excluding hydrogens is 348 g/mol. The van der Waals surface area contributed by atoms with Crippen LogP contribution < -0.4 is 4.90 Å². The van der Waals surface area contributed by atoms with Gasteiger partial charge >= 0.3 is 12.4 Å². The minimum absolute atomic E-state index is 0.000425. The Bertz CT molecular complexity index is 659. The van der Waals surface area contributed by atoms with Crippen molar-refractivity contribution in [2.75, 3.05) is 4.90 Å². The molecule has 1 amide bonds. The van der Waals surface area contributed by atoms with Crippen molar-refractivity contribution >= 4 is 23.2 Å². The Kier molecular flexibility index (Phi) is 4.17. The lowest BCUT2D eigenvalue weighted by molar-refractivity contribution is -0.143. The highest BCUT2D eigenvalue weighted by atomic mass is 35.5. The molecule has 0 saturated carbocycles. The van der Waals surface area contributed by atoms with Crippen molar-refractivity contribution in [3.63, 3.8) is 0 Å². The predicted molar refractivity (Wildman–Crippen MR) is 71.9 cm³/mol. The van der Waals surface area contributed by atoms with Gasteiger partial charge in [-0.25, -0.2) is 0 Å². The Morgan fingerprint density at radius 2 is 1.39 bits per heavy atom. The lowest BCUT2D eigenvalue weighted by atomic mass is 10.1. The molecule has 0 saturated heterocycles. The molecular formula is C14H10ClF6NO. The zero-order valence-corrected chi connectivity index (χ0v) is 12.6. The van der Waals surface area contributed by atoms with Crippen LogP contribution in [0.15, 0.2) is 29.3 Å². The van der Waals surface area contributed by atoms with Crippen LogP contribution in [0.3, 0.4) is 0 Å². The van der Waals surface area contributed by atoms with Crippen LogP contribution in [0.5, 0.6) is 0 Å². The summed E-state index contributed by atoms with van der Waals surface area (Å²) in [5.41, 5.74) is -4.11. The Morgan fingerprint density at radius 1 is 0.957 bits per heavy atom. The van der Waals surface area contributed by atoms with Gasteiger partial charge in [-0.05, 0) is 37.6 Å². The number of rotatable bonds is 1. The van der Waals surface area contributed by atoms with Gasteiger partial charge in [-0.1, -0.05) is 11.6 Å². The molecule has 1 aliphatic rings. The number of carbonyl (C=O) groups is 1. The minimum atomic E-state index is -4.99. The first-order chi connectivity index (χ1) is 10.3. The number of halogens is 7. The SMILES string of the molecule is CC1=C(C)C(Cl)N(c2cc(C(F)(F)F)cc(C(F)(F)F)c2)C1=O. The molecule has 0 spiro atoms. The van der Waals surface area contributed by atoms with Gasteiger partial charge in [-0.2, -0.15) is 26.3 Å². The summed E-state index contributed by atoms with van der Waals surface area (Å²) >= 11 is 5.97. The second-order valence-electron chi connectivity index (χ2n) is 5.08. The highest BCUT2D eigenvalue weighted by molar-refractivity contribution is 6.30. The number of carbonyl (C=O) groups excluding carboxylic acids is 1. The van der Waals surface area contributed by atoms with Crippen molar-refractivity contribution in [1.29, 1.82) is 0 Å². The van der Waals surface area contributed by atoms with E-state index in [1.165, 1.54) is 13.8 Å². The third-order valence-corrected chi connectivity index (χ3v) is 4.09. The van der Waals surface area contributed by atoms with E-state index in [0.717, 1.165) is 4.90 Å². The van der Waals surface area contributed by atoms with Crippen molar-refractivity contribution < 1.29 is 31.1 Å². The molecule has 2 rings (SSSR count). The van der Waals surface area contributed by atoms with E-state index in [2.05, 4.69) is 0 Å². The Hall–Kier alpha value is -1.70. The summed E-state index contributed by atoms with van der Waals surface area (Å²) in [4.78, 5) is 12.8. The van der Waals surface area contributed by atoms with Crippen LogP contribution in [-0.4, -0.2) is 11.4 Å². The third kappa shape index (κ3) is 3.17. The van der Waals surface area contributed by atoms with Crippen LogP contribution in [0.25, 0.3) is 0 Å². The van der Waals surface area contributed by atoms with Gasteiger partial charge in [0.25, 0.3) is 5.91 Å².